The molecule has 2 heterocycles. The van der Waals surface area contributed by atoms with E-state index in [-0.39, 0.29) is 0 Å². The number of nitrogens with zero attached hydrogens (tertiary/aromatic N) is 3. The minimum atomic E-state index is -4.34. The summed E-state index contributed by atoms with van der Waals surface area (Å²) < 4.78 is 40.1. The standard InChI is InChI=1S/C25H32F3N3S/c1-19(2)10-13-30-16-14-29(15-17-30)11-5-12-31-21-6-3-4-7-23(21)32-24-9-8-20(18-22(24)31)25(26,27)28/h3-4,6-9,18-19H,5,10-17H2,1-2H3. The zero-order valence-corrected chi connectivity index (χ0v) is 19.7. The monoisotopic (exact) mass is 463 g/mol. The summed E-state index contributed by atoms with van der Waals surface area (Å²) in [4.78, 5) is 9.09. The van der Waals surface area contributed by atoms with Gasteiger partial charge in [0.2, 0.25) is 0 Å². The molecular weight excluding hydrogens is 431 g/mol. The van der Waals surface area contributed by atoms with Gasteiger partial charge in [0.1, 0.15) is 0 Å². The molecule has 1 saturated heterocycles. The van der Waals surface area contributed by atoms with E-state index in [1.165, 1.54) is 25.1 Å². The molecule has 2 aliphatic heterocycles. The van der Waals surface area contributed by atoms with Crippen LogP contribution in [0.2, 0.25) is 0 Å². The molecule has 0 aliphatic carbocycles. The van der Waals surface area contributed by atoms with Gasteiger partial charge in [0.25, 0.3) is 0 Å². The summed E-state index contributed by atoms with van der Waals surface area (Å²) in [6.07, 6.45) is -2.18. The van der Waals surface area contributed by atoms with Crippen LogP contribution in [0.3, 0.4) is 0 Å². The molecule has 1 fully saturated rings. The van der Waals surface area contributed by atoms with Crippen molar-refractivity contribution in [3.05, 3.63) is 48.0 Å². The zero-order chi connectivity index (χ0) is 22.7. The second-order valence-electron chi connectivity index (χ2n) is 9.12. The molecule has 0 saturated carbocycles. The van der Waals surface area contributed by atoms with Crippen molar-refractivity contribution in [2.45, 2.75) is 42.7 Å². The normalized spacial score (nSPS) is 17.5. The fourth-order valence-corrected chi connectivity index (χ4v) is 5.45. The minimum Gasteiger partial charge on any atom is -0.340 e. The SMILES string of the molecule is CC(C)CCN1CCN(CCCN2c3ccccc3Sc3ccc(C(F)(F)F)cc32)CC1. The fraction of sp³-hybridized carbons (Fsp3) is 0.520. The van der Waals surface area contributed by atoms with Crippen LogP contribution in [0.4, 0.5) is 24.5 Å². The average Bonchev–Trinajstić information content (AvgIpc) is 2.77. The topological polar surface area (TPSA) is 9.72 Å². The van der Waals surface area contributed by atoms with Crippen LogP contribution in [0.1, 0.15) is 32.3 Å². The van der Waals surface area contributed by atoms with E-state index in [1.54, 1.807) is 17.8 Å². The van der Waals surface area contributed by atoms with Crippen LogP contribution >= 0.6 is 11.8 Å². The van der Waals surface area contributed by atoms with Gasteiger partial charge in [-0.15, -0.1) is 0 Å². The van der Waals surface area contributed by atoms with Gasteiger partial charge < -0.3 is 14.7 Å². The molecule has 2 aromatic rings. The molecule has 0 bridgehead atoms. The van der Waals surface area contributed by atoms with Crippen molar-refractivity contribution in [3.8, 4) is 0 Å². The molecular formula is C25H32F3N3S. The van der Waals surface area contributed by atoms with Crippen molar-refractivity contribution in [2.24, 2.45) is 5.92 Å². The third kappa shape index (κ3) is 5.61. The van der Waals surface area contributed by atoms with Crippen molar-refractivity contribution < 1.29 is 13.2 Å². The van der Waals surface area contributed by atoms with Gasteiger partial charge in [0.15, 0.2) is 0 Å². The summed E-state index contributed by atoms with van der Waals surface area (Å²) in [5, 5.41) is 0. The lowest BCUT2D eigenvalue weighted by Crippen LogP contribution is -2.47. The molecule has 7 heteroatoms. The Labute approximate surface area is 193 Å². The van der Waals surface area contributed by atoms with Gasteiger partial charge in [-0.05, 0) is 62.2 Å². The number of hydrogen-bond acceptors (Lipinski definition) is 4. The van der Waals surface area contributed by atoms with E-state index in [4.69, 9.17) is 0 Å². The summed E-state index contributed by atoms with van der Waals surface area (Å²) in [5.74, 6) is 0.736. The number of piperazine rings is 1. The second-order valence-corrected chi connectivity index (χ2v) is 10.2. The van der Waals surface area contributed by atoms with Gasteiger partial charge in [-0.3, -0.25) is 0 Å². The highest BCUT2D eigenvalue weighted by molar-refractivity contribution is 7.99. The Bertz CT molecular complexity index is 908. The zero-order valence-electron chi connectivity index (χ0n) is 18.9. The lowest BCUT2D eigenvalue weighted by Gasteiger charge is -2.36. The van der Waals surface area contributed by atoms with Crippen LogP contribution in [0.25, 0.3) is 0 Å². The molecule has 0 radical (unpaired) electrons. The maximum Gasteiger partial charge on any atom is 0.416 e. The molecule has 0 atom stereocenters. The van der Waals surface area contributed by atoms with Gasteiger partial charge in [-0.2, -0.15) is 13.2 Å². The number of anilines is 2. The van der Waals surface area contributed by atoms with Crippen LogP contribution in [-0.2, 0) is 6.18 Å². The second kappa shape index (κ2) is 10.1. The number of hydrogen-bond donors (Lipinski definition) is 0. The Morgan fingerprint density at radius 3 is 2.19 bits per heavy atom. The lowest BCUT2D eigenvalue weighted by molar-refractivity contribution is -0.137. The Morgan fingerprint density at radius 2 is 1.50 bits per heavy atom. The third-order valence-corrected chi connectivity index (χ3v) is 7.43. The van der Waals surface area contributed by atoms with Crippen LogP contribution in [0.15, 0.2) is 52.3 Å². The van der Waals surface area contributed by atoms with Crippen LogP contribution in [-0.4, -0.2) is 55.6 Å². The summed E-state index contributed by atoms with van der Waals surface area (Å²) in [5.41, 5.74) is 1.09. The number of benzene rings is 2. The van der Waals surface area contributed by atoms with Crippen LogP contribution in [0.5, 0.6) is 0 Å². The van der Waals surface area contributed by atoms with Crippen molar-refractivity contribution in [3.63, 3.8) is 0 Å². The van der Waals surface area contributed by atoms with E-state index in [2.05, 4.69) is 28.5 Å². The highest BCUT2D eigenvalue weighted by atomic mass is 32.2. The van der Waals surface area contributed by atoms with Crippen molar-refractivity contribution in [1.82, 2.24) is 9.80 Å². The Hall–Kier alpha value is -1.70. The van der Waals surface area contributed by atoms with Gasteiger partial charge in [-0.1, -0.05) is 37.7 Å². The van der Waals surface area contributed by atoms with Gasteiger partial charge >= 0.3 is 6.18 Å². The van der Waals surface area contributed by atoms with Crippen molar-refractivity contribution in [1.29, 1.82) is 0 Å². The molecule has 2 aromatic carbocycles. The maximum absolute atomic E-state index is 13.4. The number of alkyl halides is 3. The number of para-hydroxylation sites is 1. The summed E-state index contributed by atoms with van der Waals surface area (Å²) in [6.45, 7) is 11.7. The first-order valence-electron chi connectivity index (χ1n) is 11.5. The fourth-order valence-electron chi connectivity index (χ4n) is 4.38. The molecule has 0 unspecified atom stereocenters. The van der Waals surface area contributed by atoms with Gasteiger partial charge in [0, 0.05) is 42.5 Å². The third-order valence-electron chi connectivity index (χ3n) is 6.30. The average molecular weight is 464 g/mol. The summed E-state index contributed by atoms with van der Waals surface area (Å²) in [7, 11) is 0. The predicted octanol–water partition coefficient (Wildman–Crippen LogP) is 6.36. The highest BCUT2D eigenvalue weighted by Gasteiger charge is 2.33. The van der Waals surface area contributed by atoms with E-state index in [9.17, 15) is 13.2 Å². The van der Waals surface area contributed by atoms with E-state index < -0.39 is 11.7 Å². The number of halogens is 3. The van der Waals surface area contributed by atoms with Crippen molar-refractivity contribution in [2.75, 3.05) is 50.7 Å². The van der Waals surface area contributed by atoms with E-state index >= 15 is 0 Å². The first-order valence-corrected chi connectivity index (χ1v) is 12.3. The lowest BCUT2D eigenvalue weighted by atomic mass is 10.1. The van der Waals surface area contributed by atoms with E-state index in [0.29, 0.717) is 12.2 Å². The van der Waals surface area contributed by atoms with Crippen LogP contribution in [0, 0.1) is 5.92 Å². The first kappa shape index (κ1) is 23.5. The Kier molecular flexibility index (Phi) is 7.37. The largest absolute Gasteiger partial charge is 0.416 e. The highest BCUT2D eigenvalue weighted by Crippen LogP contribution is 2.49. The molecule has 174 valence electrons. The molecule has 32 heavy (non-hydrogen) atoms. The van der Waals surface area contributed by atoms with E-state index in [0.717, 1.165) is 60.5 Å². The maximum atomic E-state index is 13.4. The first-order chi connectivity index (χ1) is 15.3. The molecule has 0 aromatic heterocycles. The Morgan fingerprint density at radius 1 is 0.844 bits per heavy atom. The van der Waals surface area contributed by atoms with Gasteiger partial charge in [0.05, 0.1) is 16.9 Å². The molecule has 4 rings (SSSR count). The summed E-state index contributed by atoms with van der Waals surface area (Å²) >= 11 is 1.55. The molecule has 0 amide bonds. The quantitative estimate of drug-likeness (QED) is 0.472. The molecule has 2 aliphatic rings. The summed E-state index contributed by atoms with van der Waals surface area (Å²) in [6, 6.07) is 12.1. The number of rotatable bonds is 7. The molecule has 3 nitrogen and oxygen atoms in total. The predicted molar refractivity (Wildman–Crippen MR) is 126 cm³/mol. The molecule has 0 N–H and O–H groups in total. The van der Waals surface area contributed by atoms with Gasteiger partial charge in [-0.25, -0.2) is 0 Å². The minimum absolute atomic E-state index is 0.584. The van der Waals surface area contributed by atoms with E-state index in [1.807, 2.05) is 24.3 Å². The Balaban J connectivity index is 1.40. The van der Waals surface area contributed by atoms with Crippen LogP contribution < -0.4 is 4.90 Å². The number of fused-ring (bicyclic) bond motifs is 2. The molecule has 0 spiro atoms. The van der Waals surface area contributed by atoms with Crippen molar-refractivity contribution >= 4 is 23.1 Å². The smallest absolute Gasteiger partial charge is 0.340 e.